The third-order valence-electron chi connectivity index (χ3n) is 3.93. The van der Waals surface area contributed by atoms with Crippen LogP contribution in [0.4, 0.5) is 0 Å². The van der Waals surface area contributed by atoms with E-state index in [1.54, 1.807) is 35.4 Å². The van der Waals surface area contributed by atoms with Gasteiger partial charge in [0.1, 0.15) is 4.90 Å². The summed E-state index contributed by atoms with van der Waals surface area (Å²) in [5.74, 6) is 0.174. The second-order valence-electron chi connectivity index (χ2n) is 5.47. The Bertz CT molecular complexity index is 720. The summed E-state index contributed by atoms with van der Waals surface area (Å²) in [6.45, 7) is 2.77. The second kappa shape index (κ2) is 5.27. The first-order valence-corrected chi connectivity index (χ1v) is 8.42. The van der Waals surface area contributed by atoms with E-state index in [9.17, 15) is 8.42 Å². The van der Waals surface area contributed by atoms with Crippen LogP contribution in [0.5, 0.6) is 0 Å². The zero-order valence-corrected chi connectivity index (χ0v) is 13.0. The molecule has 0 aliphatic carbocycles. The van der Waals surface area contributed by atoms with Crippen molar-refractivity contribution in [1.29, 1.82) is 0 Å². The van der Waals surface area contributed by atoms with Gasteiger partial charge in [0.2, 0.25) is 10.0 Å². The number of aromatic nitrogens is 4. The van der Waals surface area contributed by atoms with Crippen molar-refractivity contribution in [2.75, 3.05) is 13.1 Å². The maximum absolute atomic E-state index is 12.8. The fourth-order valence-electron chi connectivity index (χ4n) is 2.88. The highest BCUT2D eigenvalue weighted by atomic mass is 32.2. The average molecular weight is 309 g/mol. The molecule has 0 radical (unpaired) electrons. The van der Waals surface area contributed by atoms with Crippen molar-refractivity contribution in [3.63, 3.8) is 0 Å². The summed E-state index contributed by atoms with van der Waals surface area (Å²) in [7, 11) is -1.75. The van der Waals surface area contributed by atoms with Gasteiger partial charge in [0, 0.05) is 44.1 Å². The molecule has 0 amide bonds. The van der Waals surface area contributed by atoms with E-state index in [-0.39, 0.29) is 5.92 Å². The van der Waals surface area contributed by atoms with Crippen molar-refractivity contribution in [2.24, 2.45) is 7.05 Å². The van der Waals surface area contributed by atoms with Gasteiger partial charge in [-0.3, -0.25) is 9.78 Å². The average Bonchev–Trinajstić information content (AvgIpc) is 3.09. The molecule has 0 spiro atoms. The molecule has 3 heterocycles. The molecule has 0 saturated carbocycles. The molecule has 2 aromatic rings. The van der Waals surface area contributed by atoms with Crippen LogP contribution in [0.25, 0.3) is 0 Å². The van der Waals surface area contributed by atoms with Crippen LogP contribution >= 0.6 is 0 Å². The zero-order chi connectivity index (χ0) is 15.0. The molecule has 8 heteroatoms. The highest BCUT2D eigenvalue weighted by Crippen LogP contribution is 2.29. The number of nitrogens with zero attached hydrogens (tertiary/aromatic N) is 4. The van der Waals surface area contributed by atoms with Crippen LogP contribution in [-0.4, -0.2) is 45.8 Å². The van der Waals surface area contributed by atoms with E-state index in [1.165, 1.54) is 0 Å². The van der Waals surface area contributed by atoms with Crippen molar-refractivity contribution in [3.05, 3.63) is 29.8 Å². The standard InChI is InChI=1S/C13H19N5O2S/c1-10-13(9-17(2)16-10)21(19,20)18-7-3-4-11(8-18)12-5-6-14-15-12/h5-6,9,11H,3-4,7-8H2,1-2H3,(H,14,15). The number of aromatic amines is 1. The molecule has 1 aliphatic rings. The molecule has 2 aromatic heterocycles. The highest BCUT2D eigenvalue weighted by molar-refractivity contribution is 7.89. The molecule has 1 fully saturated rings. The Kier molecular flexibility index (Phi) is 3.58. The van der Waals surface area contributed by atoms with Crippen LogP contribution in [0.1, 0.15) is 30.1 Å². The molecule has 1 atom stereocenters. The first-order valence-electron chi connectivity index (χ1n) is 6.98. The van der Waals surface area contributed by atoms with Crippen LogP contribution in [0, 0.1) is 6.92 Å². The lowest BCUT2D eigenvalue weighted by Crippen LogP contribution is -2.39. The van der Waals surface area contributed by atoms with Crippen molar-refractivity contribution < 1.29 is 8.42 Å². The van der Waals surface area contributed by atoms with Gasteiger partial charge in [-0.05, 0) is 25.8 Å². The summed E-state index contributed by atoms with van der Waals surface area (Å²) in [6.07, 6.45) is 5.10. The van der Waals surface area contributed by atoms with E-state index < -0.39 is 10.0 Å². The van der Waals surface area contributed by atoms with Gasteiger partial charge < -0.3 is 0 Å². The minimum Gasteiger partial charge on any atom is -0.282 e. The van der Waals surface area contributed by atoms with Crippen LogP contribution in [0.3, 0.4) is 0 Å². The molecule has 114 valence electrons. The van der Waals surface area contributed by atoms with Gasteiger partial charge in [-0.1, -0.05) is 0 Å². The van der Waals surface area contributed by atoms with Crippen LogP contribution in [0.15, 0.2) is 23.4 Å². The Morgan fingerprint density at radius 3 is 2.86 bits per heavy atom. The fraction of sp³-hybridized carbons (Fsp3) is 0.538. The molecule has 7 nitrogen and oxygen atoms in total. The van der Waals surface area contributed by atoms with Crippen molar-refractivity contribution in [1.82, 2.24) is 24.3 Å². The summed E-state index contributed by atoms with van der Waals surface area (Å²) < 4.78 is 28.7. The van der Waals surface area contributed by atoms with Crippen molar-refractivity contribution in [3.8, 4) is 0 Å². The third-order valence-corrected chi connectivity index (χ3v) is 5.90. The molecule has 0 bridgehead atoms. The number of aryl methyl sites for hydroxylation is 2. The minimum absolute atomic E-state index is 0.174. The largest absolute Gasteiger partial charge is 0.282 e. The maximum Gasteiger partial charge on any atom is 0.246 e. The Morgan fingerprint density at radius 1 is 1.43 bits per heavy atom. The molecule has 1 N–H and O–H groups in total. The summed E-state index contributed by atoms with van der Waals surface area (Å²) in [6, 6.07) is 1.91. The van der Waals surface area contributed by atoms with Gasteiger partial charge in [0.15, 0.2) is 0 Å². The molecule has 21 heavy (non-hydrogen) atoms. The Hall–Kier alpha value is -1.67. The van der Waals surface area contributed by atoms with Crippen LogP contribution < -0.4 is 0 Å². The molecule has 1 aliphatic heterocycles. The molecule has 1 saturated heterocycles. The minimum atomic E-state index is -3.48. The molecule has 0 aromatic carbocycles. The molecular formula is C13H19N5O2S. The SMILES string of the molecule is Cc1nn(C)cc1S(=O)(=O)N1CCCC(c2ccn[nH]2)C1. The molecular weight excluding hydrogens is 290 g/mol. The Labute approximate surface area is 124 Å². The van der Waals surface area contributed by atoms with E-state index in [0.29, 0.717) is 23.7 Å². The summed E-state index contributed by atoms with van der Waals surface area (Å²) >= 11 is 0. The van der Waals surface area contributed by atoms with Gasteiger partial charge >= 0.3 is 0 Å². The number of rotatable bonds is 3. The highest BCUT2D eigenvalue weighted by Gasteiger charge is 2.33. The summed E-state index contributed by atoms with van der Waals surface area (Å²) in [4.78, 5) is 0.301. The first-order chi connectivity index (χ1) is 9.98. The van der Waals surface area contributed by atoms with Gasteiger partial charge in [-0.2, -0.15) is 14.5 Å². The van der Waals surface area contributed by atoms with Gasteiger partial charge in [-0.15, -0.1) is 0 Å². The summed E-state index contributed by atoms with van der Waals surface area (Å²) in [5.41, 5.74) is 1.54. The number of hydrogen-bond acceptors (Lipinski definition) is 4. The van der Waals surface area contributed by atoms with E-state index >= 15 is 0 Å². The van der Waals surface area contributed by atoms with Crippen molar-refractivity contribution >= 4 is 10.0 Å². The predicted octanol–water partition coefficient (Wildman–Crippen LogP) is 1.02. The van der Waals surface area contributed by atoms with Crippen LogP contribution in [-0.2, 0) is 17.1 Å². The van der Waals surface area contributed by atoms with E-state index in [1.807, 2.05) is 6.07 Å². The second-order valence-corrected chi connectivity index (χ2v) is 7.37. The summed E-state index contributed by atoms with van der Waals surface area (Å²) in [5, 5.41) is 11.0. The zero-order valence-electron chi connectivity index (χ0n) is 12.2. The Morgan fingerprint density at radius 2 is 2.24 bits per heavy atom. The quantitative estimate of drug-likeness (QED) is 0.917. The fourth-order valence-corrected chi connectivity index (χ4v) is 4.60. The van der Waals surface area contributed by atoms with Crippen LogP contribution in [0.2, 0.25) is 0 Å². The molecule has 3 rings (SSSR count). The molecule has 1 unspecified atom stereocenters. The first kappa shape index (κ1) is 14.3. The smallest absolute Gasteiger partial charge is 0.246 e. The topological polar surface area (TPSA) is 83.9 Å². The van der Waals surface area contributed by atoms with E-state index in [2.05, 4.69) is 15.3 Å². The number of sulfonamides is 1. The number of piperidine rings is 1. The van der Waals surface area contributed by atoms with Gasteiger partial charge in [-0.25, -0.2) is 8.42 Å². The lowest BCUT2D eigenvalue weighted by Gasteiger charge is -2.31. The van der Waals surface area contributed by atoms with Gasteiger partial charge in [0.25, 0.3) is 0 Å². The Balaban J connectivity index is 1.87. The monoisotopic (exact) mass is 309 g/mol. The predicted molar refractivity (Wildman–Crippen MR) is 77.3 cm³/mol. The third kappa shape index (κ3) is 2.60. The lowest BCUT2D eigenvalue weighted by atomic mass is 9.96. The normalized spacial score (nSPS) is 20.8. The number of H-pyrrole nitrogens is 1. The number of nitrogens with one attached hydrogen (secondary N) is 1. The lowest BCUT2D eigenvalue weighted by molar-refractivity contribution is 0.312. The van der Waals surface area contributed by atoms with Crippen molar-refractivity contribution in [2.45, 2.75) is 30.6 Å². The van der Waals surface area contributed by atoms with E-state index in [4.69, 9.17) is 0 Å². The van der Waals surface area contributed by atoms with E-state index in [0.717, 1.165) is 18.5 Å². The number of hydrogen-bond donors (Lipinski definition) is 1. The van der Waals surface area contributed by atoms with Gasteiger partial charge in [0.05, 0.1) is 5.69 Å². The maximum atomic E-state index is 12.8.